The zero-order valence-corrected chi connectivity index (χ0v) is 9.74. The van der Waals surface area contributed by atoms with Crippen molar-refractivity contribution in [1.82, 2.24) is 0 Å². The van der Waals surface area contributed by atoms with E-state index in [1.54, 1.807) is 0 Å². The minimum absolute atomic E-state index is 0.296. The second-order valence-corrected chi connectivity index (χ2v) is 3.63. The summed E-state index contributed by atoms with van der Waals surface area (Å²) >= 11 is 0. The zero-order chi connectivity index (χ0) is 13.4. The van der Waals surface area contributed by atoms with Crippen LogP contribution in [0.4, 0.5) is 0 Å². The molecule has 0 unspecified atom stereocenters. The van der Waals surface area contributed by atoms with Gasteiger partial charge in [0, 0.05) is 0 Å². The number of carboxylic acid groups (broad SMARTS) is 2. The molecule has 2 N–H and O–H groups in total. The van der Waals surface area contributed by atoms with Gasteiger partial charge in [-0.05, 0) is 10.8 Å². The molecule has 2 aromatic carbocycles. The number of fused-ring (bicyclic) bond motifs is 1. The normalized spacial score (nSPS) is 9.33. The first-order valence-corrected chi connectivity index (χ1v) is 5.47. The molecule has 0 bridgehead atoms. The van der Waals surface area contributed by atoms with Crippen molar-refractivity contribution in [3.05, 3.63) is 48.5 Å². The van der Waals surface area contributed by atoms with Gasteiger partial charge in [-0.3, -0.25) is 9.59 Å². The number of carboxylic acids is 2. The van der Waals surface area contributed by atoms with Gasteiger partial charge in [0.1, 0.15) is 0 Å². The fraction of sp³-hybridized carbons (Fsp3) is 0.143. The number of rotatable bonds is 3. The Kier molecular flexibility index (Phi) is 5.38. The smallest absolute Gasteiger partial charge is 0.303 e. The second kappa shape index (κ2) is 7.06. The van der Waals surface area contributed by atoms with E-state index >= 15 is 0 Å². The van der Waals surface area contributed by atoms with Crippen LogP contribution in [0.2, 0.25) is 0 Å². The van der Waals surface area contributed by atoms with E-state index in [0.29, 0.717) is 0 Å². The Morgan fingerprint density at radius 1 is 0.722 bits per heavy atom. The Hall–Kier alpha value is -2.36. The maximum absolute atomic E-state index is 9.64. The molecular weight excluding hydrogens is 232 g/mol. The first kappa shape index (κ1) is 13.7. The largest absolute Gasteiger partial charge is 0.481 e. The van der Waals surface area contributed by atoms with Crippen LogP contribution < -0.4 is 0 Å². The minimum atomic E-state index is -1.08. The van der Waals surface area contributed by atoms with Crippen LogP contribution in [0.5, 0.6) is 0 Å². The minimum Gasteiger partial charge on any atom is -0.481 e. The van der Waals surface area contributed by atoms with Crippen molar-refractivity contribution in [2.75, 3.05) is 0 Å². The highest BCUT2D eigenvalue weighted by Gasteiger charge is 2.00. The number of hydrogen-bond donors (Lipinski definition) is 2. The van der Waals surface area contributed by atoms with Crippen LogP contribution in [0, 0.1) is 0 Å². The molecule has 4 heteroatoms. The fourth-order valence-corrected chi connectivity index (χ4v) is 1.35. The van der Waals surface area contributed by atoms with Crippen LogP contribution >= 0.6 is 0 Å². The summed E-state index contributed by atoms with van der Waals surface area (Å²) in [5, 5.41) is 18.4. The van der Waals surface area contributed by atoms with Gasteiger partial charge in [0.25, 0.3) is 0 Å². The van der Waals surface area contributed by atoms with Gasteiger partial charge >= 0.3 is 11.9 Å². The number of hydrogen-bond acceptors (Lipinski definition) is 2. The fourth-order valence-electron chi connectivity index (χ4n) is 1.35. The zero-order valence-electron chi connectivity index (χ0n) is 9.74. The standard InChI is InChI=1S/C10H8.C4H6O4/c1-2-6-10-8-4-3-7-9(10)5-1;5-3(6)1-2-4(7)8/h1-8H;1-2H2,(H,5,6)(H,7,8). The van der Waals surface area contributed by atoms with Crippen LogP contribution in [0.3, 0.4) is 0 Å². The van der Waals surface area contributed by atoms with E-state index in [2.05, 4.69) is 48.5 Å². The number of carbonyl (C=O) groups is 2. The van der Waals surface area contributed by atoms with E-state index < -0.39 is 11.9 Å². The molecule has 0 aliphatic carbocycles. The molecule has 0 aliphatic heterocycles. The van der Waals surface area contributed by atoms with Crippen molar-refractivity contribution in [3.8, 4) is 0 Å². The average molecular weight is 246 g/mol. The lowest BCUT2D eigenvalue weighted by molar-refractivity contribution is -0.143. The quantitative estimate of drug-likeness (QED) is 0.873. The topological polar surface area (TPSA) is 74.6 Å². The van der Waals surface area contributed by atoms with Crippen molar-refractivity contribution in [2.24, 2.45) is 0 Å². The van der Waals surface area contributed by atoms with Crippen LogP contribution in [-0.4, -0.2) is 22.2 Å². The summed E-state index contributed by atoms with van der Waals surface area (Å²) in [4.78, 5) is 19.3. The van der Waals surface area contributed by atoms with Crippen molar-refractivity contribution in [1.29, 1.82) is 0 Å². The Bertz CT molecular complexity index is 455. The molecule has 0 amide bonds. The Morgan fingerprint density at radius 2 is 1.00 bits per heavy atom. The third kappa shape index (κ3) is 5.12. The predicted octanol–water partition coefficient (Wildman–Crippen LogP) is 2.78. The van der Waals surface area contributed by atoms with Gasteiger partial charge in [-0.15, -0.1) is 0 Å². The Balaban J connectivity index is 0.000000187. The van der Waals surface area contributed by atoms with Gasteiger partial charge in [0.2, 0.25) is 0 Å². The first-order chi connectivity index (χ1) is 8.59. The van der Waals surface area contributed by atoms with Crippen LogP contribution in [0.15, 0.2) is 48.5 Å². The van der Waals surface area contributed by atoms with Gasteiger partial charge < -0.3 is 10.2 Å². The molecule has 0 aliphatic rings. The van der Waals surface area contributed by atoms with Gasteiger partial charge in [-0.2, -0.15) is 0 Å². The van der Waals surface area contributed by atoms with Gasteiger partial charge in [0.05, 0.1) is 12.8 Å². The molecule has 0 saturated carbocycles. The summed E-state index contributed by atoms with van der Waals surface area (Å²) in [5.74, 6) is -2.15. The average Bonchev–Trinajstić information content (AvgIpc) is 2.37. The van der Waals surface area contributed by atoms with Crippen molar-refractivity contribution < 1.29 is 19.8 Å². The molecule has 4 nitrogen and oxygen atoms in total. The van der Waals surface area contributed by atoms with E-state index in [1.165, 1.54) is 10.8 Å². The van der Waals surface area contributed by atoms with Gasteiger partial charge in [-0.1, -0.05) is 48.5 Å². The van der Waals surface area contributed by atoms with E-state index in [9.17, 15) is 9.59 Å². The summed E-state index contributed by atoms with van der Waals surface area (Å²) in [7, 11) is 0. The molecule has 0 heterocycles. The summed E-state index contributed by atoms with van der Waals surface area (Å²) in [6.07, 6.45) is -0.593. The van der Waals surface area contributed by atoms with Gasteiger partial charge in [-0.25, -0.2) is 0 Å². The molecule has 2 aromatic rings. The molecule has 0 spiro atoms. The third-order valence-electron chi connectivity index (χ3n) is 2.21. The highest BCUT2D eigenvalue weighted by Crippen LogP contribution is 2.11. The van der Waals surface area contributed by atoms with Crippen LogP contribution in [0.1, 0.15) is 12.8 Å². The Labute approximate surface area is 104 Å². The van der Waals surface area contributed by atoms with Crippen LogP contribution in [0.25, 0.3) is 10.8 Å². The highest BCUT2D eigenvalue weighted by atomic mass is 16.4. The lowest BCUT2D eigenvalue weighted by atomic mass is 10.1. The summed E-state index contributed by atoms with van der Waals surface area (Å²) < 4.78 is 0. The predicted molar refractivity (Wildman–Crippen MR) is 68.5 cm³/mol. The number of aliphatic carboxylic acids is 2. The molecule has 18 heavy (non-hydrogen) atoms. The van der Waals surface area contributed by atoms with E-state index in [1.807, 2.05) is 0 Å². The maximum Gasteiger partial charge on any atom is 0.303 e. The molecule has 94 valence electrons. The Morgan fingerprint density at radius 3 is 1.22 bits per heavy atom. The summed E-state index contributed by atoms with van der Waals surface area (Å²) in [6.45, 7) is 0. The third-order valence-corrected chi connectivity index (χ3v) is 2.21. The highest BCUT2D eigenvalue weighted by molar-refractivity contribution is 5.82. The molecular formula is C14H14O4. The molecule has 0 saturated heterocycles. The van der Waals surface area contributed by atoms with Crippen molar-refractivity contribution in [2.45, 2.75) is 12.8 Å². The molecule has 0 atom stereocenters. The van der Waals surface area contributed by atoms with Crippen LogP contribution in [-0.2, 0) is 9.59 Å². The van der Waals surface area contributed by atoms with Crippen molar-refractivity contribution in [3.63, 3.8) is 0 Å². The van der Waals surface area contributed by atoms with E-state index in [-0.39, 0.29) is 12.8 Å². The van der Waals surface area contributed by atoms with E-state index in [0.717, 1.165) is 0 Å². The molecule has 0 aromatic heterocycles. The molecule has 0 radical (unpaired) electrons. The number of benzene rings is 2. The first-order valence-electron chi connectivity index (χ1n) is 5.47. The molecule has 0 fully saturated rings. The van der Waals surface area contributed by atoms with Crippen molar-refractivity contribution >= 4 is 22.7 Å². The summed E-state index contributed by atoms with van der Waals surface area (Å²) in [6, 6.07) is 16.7. The monoisotopic (exact) mass is 246 g/mol. The summed E-state index contributed by atoms with van der Waals surface area (Å²) in [5.41, 5.74) is 0. The lowest BCUT2D eigenvalue weighted by Gasteiger charge is -1.92. The SMILES string of the molecule is O=C(O)CCC(=O)O.c1ccc2ccccc2c1. The van der Waals surface area contributed by atoms with E-state index in [4.69, 9.17) is 10.2 Å². The molecule has 2 rings (SSSR count). The van der Waals surface area contributed by atoms with Gasteiger partial charge in [0.15, 0.2) is 0 Å². The second-order valence-electron chi connectivity index (χ2n) is 3.63. The lowest BCUT2D eigenvalue weighted by Crippen LogP contribution is -2.00. The maximum atomic E-state index is 9.64.